The van der Waals surface area contributed by atoms with Crippen LogP contribution in [0.4, 0.5) is 5.69 Å². The fourth-order valence-electron chi connectivity index (χ4n) is 2.45. The van der Waals surface area contributed by atoms with Gasteiger partial charge < -0.3 is 4.42 Å². The predicted octanol–water partition coefficient (Wildman–Crippen LogP) is 4.38. The number of furan rings is 1. The first-order chi connectivity index (χ1) is 11.9. The molecule has 0 N–H and O–H groups in total. The molecule has 0 bridgehead atoms. The summed E-state index contributed by atoms with van der Waals surface area (Å²) in [6.45, 7) is 4.08. The van der Waals surface area contributed by atoms with Crippen LogP contribution in [0.2, 0.25) is 0 Å². The number of thioether (sulfide) groups is 1. The van der Waals surface area contributed by atoms with E-state index < -0.39 is 4.92 Å². The number of carbonyl (C=O) groups is 1. The van der Waals surface area contributed by atoms with Crippen LogP contribution in [0.25, 0.3) is 17.4 Å². The molecule has 1 saturated heterocycles. The zero-order chi connectivity index (χ0) is 18.1. The number of nitro benzene ring substituents is 1. The van der Waals surface area contributed by atoms with E-state index in [9.17, 15) is 14.9 Å². The summed E-state index contributed by atoms with van der Waals surface area (Å²) in [6, 6.07) is 8.37. The molecule has 0 aliphatic carbocycles. The van der Waals surface area contributed by atoms with E-state index in [-0.39, 0.29) is 11.6 Å². The minimum Gasteiger partial charge on any atom is -0.457 e. The van der Waals surface area contributed by atoms with E-state index in [2.05, 4.69) is 0 Å². The average Bonchev–Trinajstić information content (AvgIpc) is 3.13. The van der Waals surface area contributed by atoms with Crippen LogP contribution in [0.1, 0.15) is 18.2 Å². The molecule has 2 aromatic rings. The number of rotatable bonds is 4. The first kappa shape index (κ1) is 17.4. The van der Waals surface area contributed by atoms with Crippen molar-refractivity contribution in [3.05, 3.63) is 56.7 Å². The lowest BCUT2D eigenvalue weighted by Crippen LogP contribution is -2.27. The highest BCUT2D eigenvalue weighted by Gasteiger charge is 2.30. The highest BCUT2D eigenvalue weighted by atomic mass is 32.2. The van der Waals surface area contributed by atoms with Gasteiger partial charge in [0.2, 0.25) is 0 Å². The number of aryl methyl sites for hydroxylation is 1. The molecule has 25 heavy (non-hydrogen) atoms. The SMILES string of the molecule is CCN1C(=O)/C(=C\c2ccc(-c3ccc(C)c([N+](=O)[O-])c3)o2)SC1=S. The number of thiocarbonyl (C=S) groups is 1. The van der Waals surface area contributed by atoms with Gasteiger partial charge in [-0.2, -0.15) is 0 Å². The Labute approximate surface area is 153 Å². The fourth-order valence-corrected chi connectivity index (χ4v) is 3.81. The minimum atomic E-state index is -0.418. The molecule has 1 amide bonds. The van der Waals surface area contributed by atoms with Gasteiger partial charge in [-0.25, -0.2) is 0 Å². The Morgan fingerprint density at radius 1 is 1.36 bits per heavy atom. The van der Waals surface area contributed by atoms with Gasteiger partial charge in [-0.05, 0) is 26.0 Å². The van der Waals surface area contributed by atoms with Crippen molar-refractivity contribution in [2.45, 2.75) is 13.8 Å². The van der Waals surface area contributed by atoms with Gasteiger partial charge in [0, 0.05) is 29.8 Å². The van der Waals surface area contributed by atoms with Gasteiger partial charge in [0.25, 0.3) is 11.6 Å². The molecular weight excluding hydrogens is 360 g/mol. The van der Waals surface area contributed by atoms with Gasteiger partial charge in [0.1, 0.15) is 15.8 Å². The maximum Gasteiger partial charge on any atom is 0.273 e. The largest absolute Gasteiger partial charge is 0.457 e. The van der Waals surface area contributed by atoms with Crippen LogP contribution in [0.15, 0.2) is 39.7 Å². The quantitative estimate of drug-likeness (QED) is 0.342. The van der Waals surface area contributed by atoms with Crippen LogP contribution in [0.5, 0.6) is 0 Å². The van der Waals surface area contributed by atoms with E-state index in [1.165, 1.54) is 22.7 Å². The minimum absolute atomic E-state index is 0.0410. The van der Waals surface area contributed by atoms with E-state index in [4.69, 9.17) is 16.6 Å². The van der Waals surface area contributed by atoms with Crippen molar-refractivity contribution in [2.75, 3.05) is 6.54 Å². The van der Waals surface area contributed by atoms with Gasteiger partial charge in [-0.3, -0.25) is 19.8 Å². The Kier molecular flexibility index (Phi) is 4.73. The molecule has 0 unspecified atom stereocenters. The number of carbonyl (C=O) groups excluding carboxylic acids is 1. The van der Waals surface area contributed by atoms with Gasteiger partial charge in [-0.1, -0.05) is 36.1 Å². The lowest BCUT2D eigenvalue weighted by Gasteiger charge is -2.09. The maximum absolute atomic E-state index is 12.2. The van der Waals surface area contributed by atoms with Gasteiger partial charge in [0.05, 0.1) is 9.83 Å². The van der Waals surface area contributed by atoms with E-state index in [1.807, 2.05) is 6.92 Å². The highest BCUT2D eigenvalue weighted by molar-refractivity contribution is 8.26. The van der Waals surface area contributed by atoms with Crippen LogP contribution in [-0.4, -0.2) is 26.6 Å². The average molecular weight is 374 g/mol. The monoisotopic (exact) mass is 374 g/mol. The second kappa shape index (κ2) is 6.81. The number of amides is 1. The van der Waals surface area contributed by atoms with Crippen molar-refractivity contribution in [3.8, 4) is 11.3 Å². The molecule has 3 rings (SSSR count). The molecule has 1 aromatic heterocycles. The van der Waals surface area contributed by atoms with Crippen LogP contribution < -0.4 is 0 Å². The first-order valence-corrected chi connectivity index (χ1v) is 8.73. The number of nitro groups is 1. The molecule has 128 valence electrons. The molecule has 1 aliphatic rings. The Hall–Kier alpha value is -2.45. The van der Waals surface area contributed by atoms with E-state index >= 15 is 0 Å². The summed E-state index contributed by atoms with van der Waals surface area (Å²) in [5.41, 5.74) is 1.24. The molecule has 0 radical (unpaired) electrons. The van der Waals surface area contributed by atoms with Gasteiger partial charge in [-0.15, -0.1) is 0 Å². The van der Waals surface area contributed by atoms with E-state index in [1.54, 1.807) is 37.3 Å². The van der Waals surface area contributed by atoms with Gasteiger partial charge >= 0.3 is 0 Å². The number of nitrogens with zero attached hydrogens (tertiary/aromatic N) is 2. The fraction of sp³-hybridized carbons (Fsp3) is 0.176. The summed E-state index contributed by atoms with van der Waals surface area (Å²) in [4.78, 5) is 24.9. The number of hydrogen-bond acceptors (Lipinski definition) is 6. The first-order valence-electron chi connectivity index (χ1n) is 7.51. The summed E-state index contributed by atoms with van der Waals surface area (Å²) < 4.78 is 6.26. The van der Waals surface area contributed by atoms with Crippen molar-refractivity contribution < 1.29 is 14.1 Å². The smallest absolute Gasteiger partial charge is 0.273 e. The molecule has 1 aromatic carbocycles. The van der Waals surface area contributed by atoms with Crippen molar-refractivity contribution >= 4 is 46.0 Å². The predicted molar refractivity (Wildman–Crippen MR) is 101 cm³/mol. The summed E-state index contributed by atoms with van der Waals surface area (Å²) in [6.07, 6.45) is 1.64. The van der Waals surface area contributed by atoms with Crippen LogP contribution in [-0.2, 0) is 4.79 Å². The third-order valence-corrected chi connectivity index (χ3v) is 5.16. The Balaban J connectivity index is 1.90. The molecule has 0 saturated carbocycles. The standard InChI is InChI=1S/C17H14N2O4S2/c1-3-18-16(20)15(25-17(18)24)9-12-6-7-14(23-12)11-5-4-10(2)13(8-11)19(21)22/h4-9H,3H2,1-2H3/b15-9+. The zero-order valence-corrected chi connectivity index (χ0v) is 15.1. The topological polar surface area (TPSA) is 76.6 Å². The van der Waals surface area contributed by atoms with Crippen molar-refractivity contribution in [1.29, 1.82) is 0 Å². The van der Waals surface area contributed by atoms with Gasteiger partial charge in [0.15, 0.2) is 0 Å². The Morgan fingerprint density at radius 2 is 2.12 bits per heavy atom. The highest BCUT2D eigenvalue weighted by Crippen LogP contribution is 2.34. The molecule has 0 spiro atoms. The summed E-state index contributed by atoms with van der Waals surface area (Å²) >= 11 is 6.41. The number of likely N-dealkylation sites (N-methyl/N-ethyl adjacent to an activating group) is 1. The molecule has 0 atom stereocenters. The van der Waals surface area contributed by atoms with Crippen molar-refractivity contribution in [1.82, 2.24) is 4.90 Å². The van der Waals surface area contributed by atoms with Crippen molar-refractivity contribution in [2.24, 2.45) is 0 Å². The van der Waals surface area contributed by atoms with Crippen LogP contribution >= 0.6 is 24.0 Å². The normalized spacial score (nSPS) is 16.1. The van der Waals surface area contributed by atoms with Crippen molar-refractivity contribution in [3.63, 3.8) is 0 Å². The number of hydrogen-bond donors (Lipinski definition) is 0. The molecule has 6 nitrogen and oxygen atoms in total. The van der Waals surface area contributed by atoms with E-state index in [0.717, 1.165) is 0 Å². The Bertz CT molecular complexity index is 917. The molecule has 2 heterocycles. The lowest BCUT2D eigenvalue weighted by atomic mass is 10.1. The van der Waals surface area contributed by atoms with Crippen LogP contribution in [0, 0.1) is 17.0 Å². The molecule has 1 aliphatic heterocycles. The van der Waals surface area contributed by atoms with Crippen LogP contribution in [0.3, 0.4) is 0 Å². The molecular formula is C17H14N2O4S2. The summed E-state index contributed by atoms with van der Waals surface area (Å²) in [5, 5.41) is 11.1. The summed E-state index contributed by atoms with van der Waals surface area (Å²) in [5.74, 6) is 0.858. The summed E-state index contributed by atoms with van der Waals surface area (Å²) in [7, 11) is 0. The molecule has 1 fully saturated rings. The van der Waals surface area contributed by atoms with E-state index in [0.29, 0.717) is 38.4 Å². The second-order valence-electron chi connectivity index (χ2n) is 5.39. The lowest BCUT2D eigenvalue weighted by molar-refractivity contribution is -0.385. The maximum atomic E-state index is 12.2. The zero-order valence-electron chi connectivity index (χ0n) is 13.5. The number of benzene rings is 1. The third kappa shape index (κ3) is 3.35. The molecule has 8 heteroatoms. The third-order valence-electron chi connectivity index (χ3n) is 3.78. The second-order valence-corrected chi connectivity index (χ2v) is 7.06. The Morgan fingerprint density at radius 3 is 2.76 bits per heavy atom.